The van der Waals surface area contributed by atoms with E-state index in [4.69, 9.17) is 4.99 Å². The van der Waals surface area contributed by atoms with Crippen molar-refractivity contribution in [2.75, 3.05) is 0 Å². The lowest BCUT2D eigenvalue weighted by molar-refractivity contribution is 0.135. The van der Waals surface area contributed by atoms with Crippen LogP contribution in [0.15, 0.2) is 155 Å². The minimum atomic E-state index is -0.140. The zero-order valence-corrected chi connectivity index (χ0v) is 32.3. The molecule has 55 heavy (non-hydrogen) atoms. The number of thioether (sulfide) groups is 1. The second kappa shape index (κ2) is 12.7. The Morgan fingerprint density at radius 3 is 2.27 bits per heavy atom. The van der Waals surface area contributed by atoms with Gasteiger partial charge in [-0.25, -0.2) is 0 Å². The van der Waals surface area contributed by atoms with E-state index in [1.165, 1.54) is 87.6 Å². The molecular weight excluding hydrogens is 685 g/mol. The molecule has 0 bridgehead atoms. The summed E-state index contributed by atoms with van der Waals surface area (Å²) in [7, 11) is 0. The van der Waals surface area contributed by atoms with Gasteiger partial charge in [-0.1, -0.05) is 133 Å². The molecule has 5 aromatic carbocycles. The van der Waals surface area contributed by atoms with Crippen molar-refractivity contribution in [3.05, 3.63) is 173 Å². The molecule has 0 saturated heterocycles. The number of aliphatic imine (C=N–C) groups is 1. The Morgan fingerprint density at radius 2 is 1.47 bits per heavy atom. The van der Waals surface area contributed by atoms with Gasteiger partial charge >= 0.3 is 0 Å². The first-order valence-electron chi connectivity index (χ1n) is 21.1. The Morgan fingerprint density at radius 1 is 0.691 bits per heavy atom. The van der Waals surface area contributed by atoms with Crippen LogP contribution in [-0.2, 0) is 5.41 Å². The molecule has 0 radical (unpaired) electrons. The first-order chi connectivity index (χ1) is 27.3. The predicted molar refractivity (Wildman–Crippen MR) is 229 cm³/mol. The smallest absolute Gasteiger partial charge is 0.121 e. The number of fused-ring (bicyclic) bond motifs is 15. The molecule has 1 spiro atoms. The molecule has 0 aromatic heterocycles. The highest BCUT2D eigenvalue weighted by molar-refractivity contribution is 8.00. The molecule has 2 nitrogen and oxygen atoms in total. The number of allylic oxidation sites excluding steroid dienone is 5. The summed E-state index contributed by atoms with van der Waals surface area (Å²) in [5.74, 6) is 1.90. The summed E-state index contributed by atoms with van der Waals surface area (Å²) < 4.78 is 0. The third-order valence-electron chi connectivity index (χ3n) is 14.9. The van der Waals surface area contributed by atoms with Gasteiger partial charge in [0.25, 0.3) is 0 Å². The third kappa shape index (κ3) is 4.72. The van der Waals surface area contributed by atoms with Crippen LogP contribution in [0.4, 0.5) is 0 Å². The molecule has 7 aliphatic rings. The molecular formula is C52H48N2S. The van der Waals surface area contributed by atoms with Crippen molar-refractivity contribution >= 4 is 28.7 Å². The third-order valence-corrected chi connectivity index (χ3v) is 16.3. The van der Waals surface area contributed by atoms with E-state index < -0.39 is 0 Å². The van der Waals surface area contributed by atoms with Gasteiger partial charge in [-0.3, -0.25) is 4.99 Å². The van der Waals surface area contributed by atoms with Gasteiger partial charge in [-0.05, 0) is 119 Å². The summed E-state index contributed by atoms with van der Waals surface area (Å²) in [6, 6.07) is 42.5. The average Bonchev–Trinajstić information content (AvgIpc) is 3.89. The number of nitrogens with zero attached hydrogens (tertiary/aromatic N) is 2. The minimum Gasteiger partial charge on any atom is -0.349 e. The topological polar surface area (TPSA) is 15.6 Å². The van der Waals surface area contributed by atoms with Gasteiger partial charge in [0.1, 0.15) is 6.17 Å². The molecule has 7 atom stereocenters. The average molecular weight is 733 g/mol. The van der Waals surface area contributed by atoms with E-state index in [0.29, 0.717) is 29.0 Å². The number of hydrogen-bond acceptors (Lipinski definition) is 3. The van der Waals surface area contributed by atoms with Gasteiger partial charge in [-0.2, -0.15) is 0 Å². The summed E-state index contributed by atoms with van der Waals surface area (Å²) >= 11 is 2.12. The van der Waals surface area contributed by atoms with Crippen LogP contribution in [0.2, 0.25) is 0 Å². The van der Waals surface area contributed by atoms with Crippen molar-refractivity contribution in [1.82, 2.24) is 4.90 Å². The molecule has 5 aromatic rings. The molecule has 0 saturated carbocycles. The summed E-state index contributed by atoms with van der Waals surface area (Å²) in [5, 5.41) is 3.26. The molecule has 0 N–H and O–H groups in total. The van der Waals surface area contributed by atoms with Crippen molar-refractivity contribution in [3.63, 3.8) is 0 Å². The Bertz CT molecular complexity index is 2440. The van der Waals surface area contributed by atoms with Gasteiger partial charge in [-0.15, -0.1) is 11.8 Å². The van der Waals surface area contributed by atoms with E-state index >= 15 is 0 Å². The molecule has 7 unspecified atom stereocenters. The molecule has 272 valence electrons. The fourth-order valence-electron chi connectivity index (χ4n) is 12.7. The zero-order chi connectivity index (χ0) is 36.1. The standard InChI is InChI=1S/C52H48N2S/c1-2-13-33(14-3-1)34-25-28-36(29-26-34)54(49-31-48-41(32-53-49)50-37-16-5-4-15-35(37)27-30-47(50)55-48)46-24-12-23-45-51(46)40-19-8-11-22-44(40)52(45)42-20-9-6-17-38(42)39-18-7-10-21-43(39)52/h1-2,4-11,15-22,24-25,27,30,32-33,36,41,45,48-49,51H,3,12-14,23,26,28-29,31H2. The number of rotatable bonds is 4. The lowest BCUT2D eigenvalue weighted by Gasteiger charge is -2.48. The fraction of sp³-hybridized carbons (Fsp3) is 0.327. The summed E-state index contributed by atoms with van der Waals surface area (Å²) in [4.78, 5) is 10.1. The van der Waals surface area contributed by atoms with Crippen LogP contribution < -0.4 is 0 Å². The molecule has 5 aliphatic carbocycles. The summed E-state index contributed by atoms with van der Waals surface area (Å²) in [6.45, 7) is 0. The fourth-order valence-corrected chi connectivity index (χ4v) is 14.1. The minimum absolute atomic E-state index is 0.140. The van der Waals surface area contributed by atoms with Crippen LogP contribution in [0.25, 0.3) is 21.9 Å². The lowest BCUT2D eigenvalue weighted by Crippen LogP contribution is -2.48. The van der Waals surface area contributed by atoms with Gasteiger partial charge in [0.2, 0.25) is 0 Å². The van der Waals surface area contributed by atoms with Gasteiger partial charge in [0, 0.05) is 46.4 Å². The molecule has 0 amide bonds. The summed E-state index contributed by atoms with van der Waals surface area (Å²) in [6.07, 6.45) is 23.4. The SMILES string of the molecule is C1=CCC(C2=CCC(N(C3=CCCC4C3c3ccccc3C43c4ccccc4-c4ccccc43)C3CC4Sc5ccc6ccccc6c5C4C=N3)CC2)CC1. The quantitative estimate of drug-likeness (QED) is 0.171. The van der Waals surface area contributed by atoms with E-state index in [0.717, 1.165) is 25.2 Å². The Hall–Kier alpha value is -4.60. The molecule has 2 heterocycles. The Labute approximate surface area is 330 Å². The van der Waals surface area contributed by atoms with Crippen LogP contribution >= 0.6 is 11.8 Å². The predicted octanol–water partition coefficient (Wildman–Crippen LogP) is 12.7. The van der Waals surface area contributed by atoms with E-state index in [-0.39, 0.29) is 11.6 Å². The van der Waals surface area contributed by atoms with Crippen molar-refractivity contribution in [2.24, 2.45) is 16.8 Å². The maximum atomic E-state index is 5.69. The molecule has 0 fully saturated rings. The van der Waals surface area contributed by atoms with Gasteiger partial charge in [0.05, 0.1) is 5.41 Å². The second-order valence-electron chi connectivity index (χ2n) is 17.3. The van der Waals surface area contributed by atoms with Crippen LogP contribution in [0.5, 0.6) is 0 Å². The second-order valence-corrected chi connectivity index (χ2v) is 18.5. The van der Waals surface area contributed by atoms with E-state index in [2.05, 4.69) is 156 Å². The molecule has 3 heteroatoms. The zero-order valence-electron chi connectivity index (χ0n) is 31.5. The first-order valence-corrected chi connectivity index (χ1v) is 22.0. The number of benzene rings is 5. The maximum absolute atomic E-state index is 5.69. The van der Waals surface area contributed by atoms with Crippen molar-refractivity contribution in [2.45, 2.75) is 97.4 Å². The largest absolute Gasteiger partial charge is 0.349 e. The monoisotopic (exact) mass is 732 g/mol. The number of hydrogen-bond donors (Lipinski definition) is 0. The highest BCUT2D eigenvalue weighted by atomic mass is 32.2. The van der Waals surface area contributed by atoms with Crippen LogP contribution in [0, 0.1) is 11.8 Å². The van der Waals surface area contributed by atoms with Crippen molar-refractivity contribution < 1.29 is 0 Å². The van der Waals surface area contributed by atoms with E-state index in [9.17, 15) is 0 Å². The van der Waals surface area contributed by atoms with E-state index in [1.807, 2.05) is 0 Å². The maximum Gasteiger partial charge on any atom is 0.121 e. The van der Waals surface area contributed by atoms with Gasteiger partial charge < -0.3 is 4.90 Å². The van der Waals surface area contributed by atoms with Crippen LogP contribution in [-0.4, -0.2) is 28.6 Å². The molecule has 2 aliphatic heterocycles. The summed E-state index contributed by atoms with van der Waals surface area (Å²) in [5.41, 5.74) is 13.6. The Balaban J connectivity index is 0.978. The molecule has 12 rings (SSSR count). The van der Waals surface area contributed by atoms with Gasteiger partial charge in [0.15, 0.2) is 0 Å². The highest BCUT2D eigenvalue weighted by Gasteiger charge is 2.60. The Kier molecular flexibility index (Phi) is 7.54. The highest BCUT2D eigenvalue weighted by Crippen LogP contribution is 2.68. The van der Waals surface area contributed by atoms with Crippen molar-refractivity contribution in [3.8, 4) is 11.1 Å². The van der Waals surface area contributed by atoms with Crippen LogP contribution in [0.1, 0.15) is 97.4 Å². The first kappa shape index (κ1) is 32.6. The van der Waals surface area contributed by atoms with Crippen LogP contribution in [0.3, 0.4) is 0 Å². The lowest BCUT2D eigenvalue weighted by atomic mass is 9.63. The van der Waals surface area contributed by atoms with Crippen molar-refractivity contribution in [1.29, 1.82) is 0 Å². The normalized spacial score (nSPS) is 29.1. The van der Waals surface area contributed by atoms with E-state index in [1.54, 1.807) is 16.8 Å².